The van der Waals surface area contributed by atoms with Crippen molar-refractivity contribution in [1.29, 1.82) is 0 Å². The van der Waals surface area contributed by atoms with Crippen molar-refractivity contribution in [1.82, 2.24) is 15.3 Å². The molecule has 2 heterocycles. The molecule has 1 aromatic heterocycles. The lowest BCUT2D eigenvalue weighted by Crippen LogP contribution is -2.19. The quantitative estimate of drug-likeness (QED) is 0.652. The third-order valence-corrected chi connectivity index (χ3v) is 2.90. The Labute approximate surface area is 117 Å². The van der Waals surface area contributed by atoms with Gasteiger partial charge in [0.1, 0.15) is 0 Å². The van der Waals surface area contributed by atoms with Gasteiger partial charge in [-0.15, -0.1) is 0 Å². The zero-order valence-corrected chi connectivity index (χ0v) is 10.5. The van der Waals surface area contributed by atoms with Gasteiger partial charge in [-0.25, -0.2) is 9.37 Å². The number of aromatic nitrogens is 2. The van der Waals surface area contributed by atoms with Gasteiger partial charge in [-0.2, -0.15) is 4.98 Å². The molecule has 0 bridgehead atoms. The molecule has 6 nitrogen and oxygen atoms in total. The first kappa shape index (κ1) is 12.5. The van der Waals surface area contributed by atoms with Gasteiger partial charge in [0.05, 0.1) is 17.3 Å². The van der Waals surface area contributed by atoms with Gasteiger partial charge >= 0.3 is 0 Å². The van der Waals surface area contributed by atoms with Crippen molar-refractivity contribution in [3.8, 4) is 0 Å². The summed E-state index contributed by atoms with van der Waals surface area (Å²) < 4.78 is 13.5. The van der Waals surface area contributed by atoms with Crippen molar-refractivity contribution >= 4 is 34.9 Å². The summed E-state index contributed by atoms with van der Waals surface area (Å²) in [6.45, 7) is 0. The molecule has 100 valence electrons. The van der Waals surface area contributed by atoms with E-state index >= 15 is 0 Å². The average molecular weight is 293 g/mol. The van der Waals surface area contributed by atoms with Gasteiger partial charge in [-0.05, 0) is 29.8 Å². The molecule has 0 unspecified atom stereocenters. The standard InChI is InChI=1S/C12H6ClFN4O2/c13-12-15-4-8(14)9(17-12)16-5-1-2-6-7(3-5)11(20)18-10(6)19/h1-4H,(H,15,16,17)(H,18,19,20). The maximum atomic E-state index is 13.5. The van der Waals surface area contributed by atoms with Crippen LogP contribution in [0.1, 0.15) is 20.7 Å². The van der Waals surface area contributed by atoms with Crippen LogP contribution in [0.3, 0.4) is 0 Å². The normalized spacial score (nSPS) is 13.1. The van der Waals surface area contributed by atoms with E-state index in [2.05, 4.69) is 20.6 Å². The molecule has 2 N–H and O–H groups in total. The minimum Gasteiger partial charge on any atom is -0.338 e. The Morgan fingerprint density at radius 2 is 1.95 bits per heavy atom. The second-order valence-corrected chi connectivity index (χ2v) is 4.34. The molecular weight excluding hydrogens is 287 g/mol. The molecule has 0 aliphatic carbocycles. The SMILES string of the molecule is O=C1NC(=O)c2cc(Nc3nc(Cl)ncc3F)ccc21. The number of amides is 2. The van der Waals surface area contributed by atoms with Crippen molar-refractivity contribution in [3.63, 3.8) is 0 Å². The van der Waals surface area contributed by atoms with E-state index in [0.717, 1.165) is 6.20 Å². The second-order valence-electron chi connectivity index (χ2n) is 4.00. The first-order valence-electron chi connectivity index (χ1n) is 5.49. The Kier molecular flexibility index (Phi) is 2.83. The fourth-order valence-electron chi connectivity index (χ4n) is 1.82. The number of fused-ring (bicyclic) bond motifs is 1. The van der Waals surface area contributed by atoms with E-state index in [0.29, 0.717) is 5.69 Å². The Morgan fingerprint density at radius 1 is 1.20 bits per heavy atom. The first-order chi connectivity index (χ1) is 9.54. The Balaban J connectivity index is 1.97. The number of carbonyl (C=O) groups is 2. The molecule has 0 atom stereocenters. The number of nitrogens with zero attached hydrogens (tertiary/aromatic N) is 2. The van der Waals surface area contributed by atoms with Crippen molar-refractivity contribution in [2.75, 3.05) is 5.32 Å². The monoisotopic (exact) mass is 292 g/mol. The van der Waals surface area contributed by atoms with Crippen LogP contribution >= 0.6 is 11.6 Å². The summed E-state index contributed by atoms with van der Waals surface area (Å²) in [4.78, 5) is 30.1. The number of rotatable bonds is 2. The number of benzene rings is 1. The molecule has 0 saturated carbocycles. The molecule has 1 aliphatic rings. The Hall–Kier alpha value is -2.54. The van der Waals surface area contributed by atoms with E-state index in [1.165, 1.54) is 18.2 Å². The number of nitrogens with one attached hydrogen (secondary N) is 2. The van der Waals surface area contributed by atoms with Crippen LogP contribution in [0.4, 0.5) is 15.9 Å². The van der Waals surface area contributed by atoms with E-state index < -0.39 is 17.6 Å². The van der Waals surface area contributed by atoms with Crippen molar-refractivity contribution in [2.24, 2.45) is 0 Å². The summed E-state index contributed by atoms with van der Waals surface area (Å²) in [5, 5.41) is 4.74. The minimum absolute atomic E-state index is 0.108. The van der Waals surface area contributed by atoms with Crippen LogP contribution in [0.15, 0.2) is 24.4 Å². The van der Waals surface area contributed by atoms with Gasteiger partial charge in [0.25, 0.3) is 11.8 Å². The van der Waals surface area contributed by atoms with E-state index in [-0.39, 0.29) is 22.2 Å². The summed E-state index contributed by atoms with van der Waals surface area (Å²) in [5.74, 6) is -1.74. The maximum Gasteiger partial charge on any atom is 0.259 e. The fraction of sp³-hybridized carbons (Fsp3) is 0. The van der Waals surface area contributed by atoms with Gasteiger partial charge < -0.3 is 5.32 Å². The summed E-state index contributed by atoms with van der Waals surface area (Å²) in [6.07, 6.45) is 0.932. The number of hydrogen-bond donors (Lipinski definition) is 2. The Bertz CT molecular complexity index is 750. The van der Waals surface area contributed by atoms with E-state index in [1.54, 1.807) is 0 Å². The lowest BCUT2D eigenvalue weighted by atomic mass is 10.1. The van der Waals surface area contributed by atoms with Crippen LogP contribution in [0.2, 0.25) is 5.28 Å². The molecule has 2 aromatic rings. The van der Waals surface area contributed by atoms with Crippen molar-refractivity contribution in [2.45, 2.75) is 0 Å². The van der Waals surface area contributed by atoms with Gasteiger partial charge in [-0.1, -0.05) is 0 Å². The average Bonchev–Trinajstić information content (AvgIpc) is 2.69. The second kappa shape index (κ2) is 4.53. The van der Waals surface area contributed by atoms with Crippen molar-refractivity contribution in [3.05, 3.63) is 46.6 Å². The molecular formula is C12H6ClFN4O2. The molecule has 1 aliphatic heterocycles. The number of imide groups is 1. The molecule has 0 saturated heterocycles. The molecule has 20 heavy (non-hydrogen) atoms. The third-order valence-electron chi connectivity index (χ3n) is 2.71. The number of halogens is 2. The predicted molar refractivity (Wildman–Crippen MR) is 68.5 cm³/mol. The van der Waals surface area contributed by atoms with Crippen LogP contribution in [0.5, 0.6) is 0 Å². The summed E-state index contributed by atoms with van der Waals surface area (Å²) >= 11 is 5.58. The van der Waals surface area contributed by atoms with Crippen LogP contribution in [-0.4, -0.2) is 21.8 Å². The van der Waals surface area contributed by atoms with Crippen LogP contribution in [0.25, 0.3) is 0 Å². The third kappa shape index (κ3) is 2.08. The zero-order valence-electron chi connectivity index (χ0n) is 9.78. The zero-order chi connectivity index (χ0) is 14.3. The lowest BCUT2D eigenvalue weighted by molar-refractivity contribution is 0.0879. The van der Waals surface area contributed by atoms with Crippen LogP contribution in [-0.2, 0) is 0 Å². The fourth-order valence-corrected chi connectivity index (χ4v) is 1.95. The van der Waals surface area contributed by atoms with E-state index in [4.69, 9.17) is 11.6 Å². The number of hydrogen-bond acceptors (Lipinski definition) is 5. The highest BCUT2D eigenvalue weighted by Gasteiger charge is 2.26. The van der Waals surface area contributed by atoms with Gasteiger partial charge in [0, 0.05) is 5.69 Å². The predicted octanol–water partition coefficient (Wildman–Crippen LogP) is 1.90. The van der Waals surface area contributed by atoms with Gasteiger partial charge in [0.2, 0.25) is 5.28 Å². The summed E-state index contributed by atoms with van der Waals surface area (Å²) in [5.41, 5.74) is 0.907. The molecule has 0 fully saturated rings. The highest BCUT2D eigenvalue weighted by molar-refractivity contribution is 6.28. The maximum absolute atomic E-state index is 13.5. The molecule has 2 amide bonds. The van der Waals surface area contributed by atoms with Crippen LogP contribution in [0, 0.1) is 5.82 Å². The summed E-state index contributed by atoms with van der Waals surface area (Å²) in [6, 6.07) is 4.44. The summed E-state index contributed by atoms with van der Waals surface area (Å²) in [7, 11) is 0. The molecule has 0 spiro atoms. The van der Waals surface area contributed by atoms with E-state index in [9.17, 15) is 14.0 Å². The largest absolute Gasteiger partial charge is 0.338 e. The number of anilines is 2. The molecule has 0 radical (unpaired) electrons. The van der Waals surface area contributed by atoms with Crippen LogP contribution < -0.4 is 10.6 Å². The topological polar surface area (TPSA) is 84.0 Å². The molecule has 8 heteroatoms. The van der Waals surface area contributed by atoms with Crippen molar-refractivity contribution < 1.29 is 14.0 Å². The Morgan fingerprint density at radius 3 is 2.75 bits per heavy atom. The molecule has 3 rings (SSSR count). The van der Waals surface area contributed by atoms with Gasteiger partial charge in [0.15, 0.2) is 11.6 Å². The van der Waals surface area contributed by atoms with E-state index in [1.807, 2.05) is 0 Å². The lowest BCUT2D eigenvalue weighted by Gasteiger charge is -2.07. The smallest absolute Gasteiger partial charge is 0.259 e. The molecule has 1 aromatic carbocycles. The highest BCUT2D eigenvalue weighted by atomic mass is 35.5. The van der Waals surface area contributed by atoms with Gasteiger partial charge in [-0.3, -0.25) is 14.9 Å². The minimum atomic E-state index is -0.685. The first-order valence-corrected chi connectivity index (χ1v) is 5.87. The highest BCUT2D eigenvalue weighted by Crippen LogP contribution is 2.23. The number of carbonyl (C=O) groups excluding carboxylic acids is 2.